The zero-order valence-electron chi connectivity index (χ0n) is 10.0. The lowest BCUT2D eigenvalue weighted by molar-refractivity contribution is -0.121. The van der Waals surface area contributed by atoms with E-state index < -0.39 is 0 Å². The van der Waals surface area contributed by atoms with E-state index in [0.717, 1.165) is 11.1 Å². The van der Waals surface area contributed by atoms with Gasteiger partial charge in [-0.1, -0.05) is 12.1 Å². The van der Waals surface area contributed by atoms with Gasteiger partial charge in [0.15, 0.2) is 0 Å². The standard InChI is InChI=1S/C12H19N3O/c1-7-4-9(3)10(5-8(7)2)11(13)6-12(16)15-14/h4-5,11H,6,13-14H2,1-3H3,(H,15,16). The van der Waals surface area contributed by atoms with E-state index in [-0.39, 0.29) is 18.4 Å². The number of aryl methyl sites for hydroxylation is 3. The van der Waals surface area contributed by atoms with E-state index in [0.29, 0.717) is 0 Å². The van der Waals surface area contributed by atoms with Crippen molar-refractivity contribution < 1.29 is 4.79 Å². The van der Waals surface area contributed by atoms with Crippen molar-refractivity contribution in [2.75, 3.05) is 0 Å². The van der Waals surface area contributed by atoms with Crippen molar-refractivity contribution in [1.82, 2.24) is 5.43 Å². The molecular weight excluding hydrogens is 202 g/mol. The molecule has 4 nitrogen and oxygen atoms in total. The highest BCUT2D eigenvalue weighted by atomic mass is 16.2. The molecule has 0 aromatic heterocycles. The fourth-order valence-corrected chi connectivity index (χ4v) is 1.75. The number of nitrogens with two attached hydrogens (primary N) is 2. The van der Waals surface area contributed by atoms with Crippen molar-refractivity contribution in [3.05, 3.63) is 34.4 Å². The van der Waals surface area contributed by atoms with Gasteiger partial charge in [-0.15, -0.1) is 0 Å². The molecule has 1 aromatic rings. The third-order valence-electron chi connectivity index (χ3n) is 2.85. The van der Waals surface area contributed by atoms with Crippen LogP contribution in [0.25, 0.3) is 0 Å². The Balaban J connectivity index is 2.95. The molecule has 0 heterocycles. The van der Waals surface area contributed by atoms with E-state index in [1.807, 2.05) is 19.9 Å². The highest BCUT2D eigenvalue weighted by Gasteiger charge is 2.13. The Bertz CT molecular complexity index is 401. The van der Waals surface area contributed by atoms with Crippen LogP contribution in [0.4, 0.5) is 0 Å². The first-order valence-electron chi connectivity index (χ1n) is 5.28. The normalized spacial score (nSPS) is 12.3. The van der Waals surface area contributed by atoms with Crippen molar-refractivity contribution >= 4 is 5.91 Å². The second-order valence-electron chi connectivity index (χ2n) is 4.17. The zero-order chi connectivity index (χ0) is 12.3. The minimum Gasteiger partial charge on any atom is -0.324 e. The monoisotopic (exact) mass is 221 g/mol. The molecule has 0 aliphatic rings. The molecule has 0 radical (unpaired) electrons. The van der Waals surface area contributed by atoms with Gasteiger partial charge < -0.3 is 5.73 Å². The topological polar surface area (TPSA) is 81.1 Å². The lowest BCUT2D eigenvalue weighted by Gasteiger charge is -2.16. The van der Waals surface area contributed by atoms with Crippen LogP contribution < -0.4 is 17.0 Å². The molecule has 0 bridgehead atoms. The fourth-order valence-electron chi connectivity index (χ4n) is 1.75. The minimum absolute atomic E-state index is 0.208. The van der Waals surface area contributed by atoms with Gasteiger partial charge in [0.1, 0.15) is 0 Å². The van der Waals surface area contributed by atoms with Crippen molar-refractivity contribution in [2.45, 2.75) is 33.2 Å². The van der Waals surface area contributed by atoms with E-state index in [1.165, 1.54) is 11.1 Å². The summed E-state index contributed by atoms with van der Waals surface area (Å²) >= 11 is 0. The number of carbonyl (C=O) groups is 1. The first kappa shape index (κ1) is 12.7. The largest absolute Gasteiger partial charge is 0.324 e. The summed E-state index contributed by atoms with van der Waals surface area (Å²) in [5.74, 6) is 4.79. The Morgan fingerprint density at radius 3 is 2.38 bits per heavy atom. The summed E-state index contributed by atoms with van der Waals surface area (Å²) in [5, 5.41) is 0. The number of hydrazine groups is 1. The van der Waals surface area contributed by atoms with Crippen molar-refractivity contribution in [3.8, 4) is 0 Å². The van der Waals surface area contributed by atoms with Gasteiger partial charge in [-0.05, 0) is 43.0 Å². The third kappa shape index (κ3) is 2.81. The van der Waals surface area contributed by atoms with Crippen LogP contribution in [0.3, 0.4) is 0 Å². The van der Waals surface area contributed by atoms with Gasteiger partial charge in [-0.3, -0.25) is 10.2 Å². The number of amides is 1. The molecule has 1 rings (SSSR count). The van der Waals surface area contributed by atoms with Gasteiger partial charge in [0.05, 0.1) is 0 Å². The Morgan fingerprint density at radius 2 is 1.81 bits per heavy atom. The maximum Gasteiger partial charge on any atom is 0.235 e. The van der Waals surface area contributed by atoms with Crippen LogP contribution in [-0.4, -0.2) is 5.91 Å². The molecule has 0 saturated heterocycles. The number of hydrogen-bond acceptors (Lipinski definition) is 3. The molecule has 1 atom stereocenters. The van der Waals surface area contributed by atoms with Crippen molar-refractivity contribution in [2.24, 2.45) is 11.6 Å². The minimum atomic E-state index is -0.303. The van der Waals surface area contributed by atoms with Crippen molar-refractivity contribution in [1.29, 1.82) is 0 Å². The molecule has 0 aliphatic heterocycles. The number of rotatable bonds is 3. The van der Waals surface area contributed by atoms with Gasteiger partial charge in [0.2, 0.25) is 5.91 Å². The van der Waals surface area contributed by atoms with Crippen LogP contribution in [0, 0.1) is 20.8 Å². The van der Waals surface area contributed by atoms with Crippen LogP contribution in [0.1, 0.15) is 34.7 Å². The highest BCUT2D eigenvalue weighted by Crippen LogP contribution is 2.22. The van der Waals surface area contributed by atoms with E-state index in [2.05, 4.69) is 18.4 Å². The van der Waals surface area contributed by atoms with Gasteiger partial charge in [0, 0.05) is 12.5 Å². The van der Waals surface area contributed by atoms with E-state index in [4.69, 9.17) is 11.6 Å². The second kappa shape index (κ2) is 5.09. The van der Waals surface area contributed by atoms with E-state index in [1.54, 1.807) is 0 Å². The molecule has 0 fully saturated rings. The second-order valence-corrected chi connectivity index (χ2v) is 4.17. The van der Waals surface area contributed by atoms with Crippen LogP contribution in [0.5, 0.6) is 0 Å². The van der Waals surface area contributed by atoms with Crippen LogP contribution in [-0.2, 0) is 4.79 Å². The molecule has 0 aliphatic carbocycles. The Kier molecular flexibility index (Phi) is 4.04. The molecular formula is C12H19N3O. The zero-order valence-corrected chi connectivity index (χ0v) is 10.0. The highest BCUT2D eigenvalue weighted by molar-refractivity contribution is 5.76. The maximum atomic E-state index is 11.1. The van der Waals surface area contributed by atoms with E-state index in [9.17, 15) is 4.79 Å². The molecule has 4 heteroatoms. The van der Waals surface area contributed by atoms with Gasteiger partial charge >= 0.3 is 0 Å². The summed E-state index contributed by atoms with van der Waals surface area (Å²) < 4.78 is 0. The van der Waals surface area contributed by atoms with Crippen LogP contribution >= 0.6 is 0 Å². The van der Waals surface area contributed by atoms with E-state index >= 15 is 0 Å². The Hall–Kier alpha value is -1.39. The van der Waals surface area contributed by atoms with Crippen LogP contribution in [0.2, 0.25) is 0 Å². The number of benzene rings is 1. The summed E-state index contributed by atoms with van der Waals surface area (Å²) in [4.78, 5) is 11.1. The lowest BCUT2D eigenvalue weighted by Crippen LogP contribution is -2.32. The molecule has 5 N–H and O–H groups in total. The molecule has 0 spiro atoms. The van der Waals surface area contributed by atoms with Crippen LogP contribution in [0.15, 0.2) is 12.1 Å². The first-order valence-corrected chi connectivity index (χ1v) is 5.28. The summed E-state index contributed by atoms with van der Waals surface area (Å²) in [6, 6.07) is 3.83. The number of carbonyl (C=O) groups excluding carboxylic acids is 1. The predicted octanol–water partition coefficient (Wildman–Crippen LogP) is 0.992. The molecule has 1 aromatic carbocycles. The molecule has 16 heavy (non-hydrogen) atoms. The molecule has 1 unspecified atom stereocenters. The van der Waals surface area contributed by atoms with Gasteiger partial charge in [0.25, 0.3) is 0 Å². The third-order valence-corrected chi connectivity index (χ3v) is 2.85. The Labute approximate surface area is 96.0 Å². The SMILES string of the molecule is Cc1cc(C)c(C(N)CC(=O)NN)cc1C. The summed E-state index contributed by atoms with van der Waals surface area (Å²) in [6.45, 7) is 6.10. The summed E-state index contributed by atoms with van der Waals surface area (Å²) in [5.41, 5.74) is 12.6. The summed E-state index contributed by atoms with van der Waals surface area (Å²) in [6.07, 6.45) is 0.208. The Morgan fingerprint density at radius 1 is 1.25 bits per heavy atom. The molecule has 0 saturated carbocycles. The van der Waals surface area contributed by atoms with Gasteiger partial charge in [-0.2, -0.15) is 0 Å². The first-order chi connectivity index (χ1) is 7.45. The maximum absolute atomic E-state index is 11.1. The smallest absolute Gasteiger partial charge is 0.235 e. The summed E-state index contributed by atoms with van der Waals surface area (Å²) in [7, 11) is 0. The number of hydrogen-bond donors (Lipinski definition) is 3. The van der Waals surface area contributed by atoms with Crippen molar-refractivity contribution in [3.63, 3.8) is 0 Å². The molecule has 1 amide bonds. The van der Waals surface area contributed by atoms with Gasteiger partial charge in [-0.25, -0.2) is 5.84 Å². The fraction of sp³-hybridized carbons (Fsp3) is 0.417. The quantitative estimate of drug-likeness (QED) is 0.404. The average Bonchev–Trinajstić information content (AvgIpc) is 2.23. The predicted molar refractivity (Wildman–Crippen MR) is 64.5 cm³/mol. The lowest BCUT2D eigenvalue weighted by atomic mass is 9.94. The number of nitrogens with one attached hydrogen (secondary N) is 1. The molecule has 88 valence electrons. The average molecular weight is 221 g/mol.